The summed E-state index contributed by atoms with van der Waals surface area (Å²) < 4.78 is 16.5. The summed E-state index contributed by atoms with van der Waals surface area (Å²) in [5.41, 5.74) is 0. The lowest BCUT2D eigenvalue weighted by Crippen LogP contribution is -1.98. The molecule has 0 aromatic carbocycles. The Morgan fingerprint density at radius 2 is 1.25 bits per heavy atom. The molecule has 0 aliphatic carbocycles. The number of halogens is 1. The van der Waals surface area contributed by atoms with Gasteiger partial charge in [0.05, 0.1) is 13.8 Å². The van der Waals surface area contributed by atoms with Crippen molar-refractivity contribution < 1.29 is 13.9 Å². The Balaban J connectivity index is 3.41. The van der Waals surface area contributed by atoms with E-state index in [-0.39, 0.29) is 12.6 Å². The van der Waals surface area contributed by atoms with Crippen LogP contribution in [0.4, 0.5) is 4.39 Å². The Kier molecular flexibility index (Phi) is 18.1. The van der Waals surface area contributed by atoms with Gasteiger partial charge >= 0.3 is 5.97 Å². The lowest BCUT2D eigenvalue weighted by Gasteiger charge is -1.95. The third-order valence-corrected chi connectivity index (χ3v) is 3.47. The lowest BCUT2D eigenvalue weighted by molar-refractivity contribution is -0.140. The van der Waals surface area contributed by atoms with E-state index in [9.17, 15) is 9.18 Å². The Labute approximate surface area is 147 Å². The number of hydrogen-bond donors (Lipinski definition) is 0. The van der Waals surface area contributed by atoms with E-state index in [0.717, 1.165) is 51.4 Å². The van der Waals surface area contributed by atoms with Crippen LogP contribution < -0.4 is 0 Å². The molecule has 0 fully saturated rings. The summed E-state index contributed by atoms with van der Waals surface area (Å²) in [6.07, 6.45) is 26.2. The topological polar surface area (TPSA) is 26.3 Å². The number of carbonyl (C=O) groups is 1. The molecule has 0 N–H and O–H groups in total. The minimum Gasteiger partial charge on any atom is -0.469 e. The molecule has 0 amide bonds. The molecule has 136 valence electrons. The van der Waals surface area contributed by atoms with Crippen LogP contribution in [0.5, 0.6) is 0 Å². The standard InChI is InChI=1S/C21H33FO2/c1-24-21(23)19-17-15-13-11-9-7-5-3-2-4-6-8-10-12-14-16-18-20-22/h2,4-5,7-8,10-11,13H,3,6,9,12,14-20H2,1H3/b4-2-,7-5-,10-8-,13-11-/i22-1. The van der Waals surface area contributed by atoms with Crippen LogP contribution in [0.3, 0.4) is 0 Å². The number of alkyl halides is 1. The molecule has 3 heteroatoms. The fourth-order valence-corrected chi connectivity index (χ4v) is 2.05. The van der Waals surface area contributed by atoms with Gasteiger partial charge in [0.25, 0.3) is 0 Å². The fourth-order valence-electron chi connectivity index (χ4n) is 2.05. The molecular formula is C21H33FO2. The second-order valence-electron chi connectivity index (χ2n) is 5.60. The maximum Gasteiger partial charge on any atom is 0.305 e. The third-order valence-electron chi connectivity index (χ3n) is 3.47. The predicted octanol–water partition coefficient (Wildman–Crippen LogP) is 6.25. The molecule has 0 aliphatic heterocycles. The molecule has 0 aromatic heterocycles. The molecule has 24 heavy (non-hydrogen) atoms. The van der Waals surface area contributed by atoms with Gasteiger partial charge in [0.2, 0.25) is 0 Å². The van der Waals surface area contributed by atoms with Gasteiger partial charge < -0.3 is 4.74 Å². The third kappa shape index (κ3) is 18.4. The summed E-state index contributed by atoms with van der Waals surface area (Å²) in [5, 5.41) is 0. The second kappa shape index (κ2) is 19.4. The molecule has 0 spiro atoms. The van der Waals surface area contributed by atoms with Gasteiger partial charge in [0.15, 0.2) is 0 Å². The van der Waals surface area contributed by atoms with E-state index < -0.39 is 0 Å². The first-order valence-electron chi connectivity index (χ1n) is 9.04. The minimum atomic E-state index is -0.189. The van der Waals surface area contributed by atoms with Gasteiger partial charge in [-0.15, -0.1) is 0 Å². The minimum absolute atomic E-state index is 0.137. The smallest absolute Gasteiger partial charge is 0.305 e. The Morgan fingerprint density at radius 3 is 1.75 bits per heavy atom. The fraction of sp³-hybridized carbons (Fsp3) is 0.571. The van der Waals surface area contributed by atoms with Crippen molar-refractivity contribution in [2.24, 2.45) is 0 Å². The molecule has 0 unspecified atom stereocenters. The van der Waals surface area contributed by atoms with Gasteiger partial charge in [0.1, 0.15) is 0 Å². The first-order valence-corrected chi connectivity index (χ1v) is 9.04. The van der Waals surface area contributed by atoms with E-state index in [0.29, 0.717) is 12.8 Å². The lowest BCUT2D eigenvalue weighted by atomic mass is 10.2. The van der Waals surface area contributed by atoms with Crippen LogP contribution in [0.15, 0.2) is 48.6 Å². The van der Waals surface area contributed by atoms with E-state index >= 15 is 0 Å². The molecule has 0 radical (unpaired) electrons. The average molecular weight is 335 g/mol. The number of rotatable bonds is 15. The van der Waals surface area contributed by atoms with Crippen LogP contribution in [0.1, 0.15) is 64.2 Å². The normalized spacial score (nSPS) is 12.2. The van der Waals surface area contributed by atoms with Crippen molar-refractivity contribution in [3.63, 3.8) is 0 Å². The molecule has 0 saturated carbocycles. The van der Waals surface area contributed by atoms with Crippen molar-refractivity contribution >= 4 is 5.97 Å². The van der Waals surface area contributed by atoms with Crippen LogP contribution >= 0.6 is 0 Å². The monoisotopic (exact) mass is 335 g/mol. The number of ether oxygens (including phenoxy) is 1. The van der Waals surface area contributed by atoms with E-state index in [1.807, 2.05) is 0 Å². The highest BCUT2D eigenvalue weighted by atomic mass is 18.2. The van der Waals surface area contributed by atoms with Crippen LogP contribution in [-0.4, -0.2) is 19.8 Å². The van der Waals surface area contributed by atoms with E-state index in [4.69, 9.17) is 0 Å². The molecule has 0 aromatic rings. The molecule has 0 heterocycles. The summed E-state index contributed by atoms with van der Waals surface area (Å²) in [7, 11) is 1.42. The maximum atomic E-state index is 11.9. The van der Waals surface area contributed by atoms with E-state index in [1.165, 1.54) is 7.11 Å². The van der Waals surface area contributed by atoms with Gasteiger partial charge in [-0.25, -0.2) is 0 Å². The van der Waals surface area contributed by atoms with E-state index in [2.05, 4.69) is 53.3 Å². The zero-order valence-corrected chi connectivity index (χ0v) is 15.1. The van der Waals surface area contributed by atoms with Crippen molar-refractivity contribution in [1.29, 1.82) is 0 Å². The highest BCUT2D eigenvalue weighted by molar-refractivity contribution is 5.69. The Bertz CT molecular complexity index is 395. The predicted molar refractivity (Wildman–Crippen MR) is 101 cm³/mol. The van der Waals surface area contributed by atoms with Gasteiger partial charge in [0, 0.05) is 6.42 Å². The molecule has 2 nitrogen and oxygen atoms in total. The Hall–Kier alpha value is -1.64. The van der Waals surface area contributed by atoms with Crippen molar-refractivity contribution in [2.45, 2.75) is 64.2 Å². The van der Waals surface area contributed by atoms with Gasteiger partial charge in [-0.3, -0.25) is 9.18 Å². The van der Waals surface area contributed by atoms with Crippen molar-refractivity contribution in [3.05, 3.63) is 48.6 Å². The van der Waals surface area contributed by atoms with Crippen LogP contribution in [0, 0.1) is 0 Å². The van der Waals surface area contributed by atoms with E-state index in [1.54, 1.807) is 0 Å². The van der Waals surface area contributed by atoms with Crippen LogP contribution in [-0.2, 0) is 9.53 Å². The molecule has 0 rings (SSSR count). The maximum absolute atomic E-state index is 11.9. The molecule has 0 atom stereocenters. The molecule has 0 aliphatic rings. The summed E-state index contributed by atoms with van der Waals surface area (Å²) >= 11 is 0. The van der Waals surface area contributed by atoms with Crippen molar-refractivity contribution in [3.8, 4) is 0 Å². The van der Waals surface area contributed by atoms with Gasteiger partial charge in [-0.1, -0.05) is 55.0 Å². The van der Waals surface area contributed by atoms with Crippen molar-refractivity contribution in [2.75, 3.05) is 13.8 Å². The SMILES string of the molecule is COC(=O)CCC/C=C\C/C=C\C/C=C\C/C=C\CCCCC[18F]. The van der Waals surface area contributed by atoms with Crippen LogP contribution in [0.25, 0.3) is 0 Å². The second-order valence-corrected chi connectivity index (χ2v) is 5.60. The average Bonchev–Trinajstić information content (AvgIpc) is 2.60. The summed E-state index contributed by atoms with van der Waals surface area (Å²) in [6.45, 7) is -0.189. The molecule has 0 bridgehead atoms. The summed E-state index contributed by atoms with van der Waals surface area (Å²) in [4.78, 5) is 10.9. The highest BCUT2D eigenvalue weighted by Crippen LogP contribution is 2.02. The number of hydrogen-bond acceptors (Lipinski definition) is 2. The van der Waals surface area contributed by atoms with Crippen LogP contribution in [0.2, 0.25) is 0 Å². The number of carbonyl (C=O) groups excluding carboxylic acids is 1. The highest BCUT2D eigenvalue weighted by Gasteiger charge is 1.96. The number of allylic oxidation sites excluding steroid dienone is 8. The summed E-state index contributed by atoms with van der Waals surface area (Å²) in [5.74, 6) is -0.137. The first kappa shape index (κ1) is 22.4. The summed E-state index contributed by atoms with van der Waals surface area (Å²) in [6, 6.07) is 0. The quantitative estimate of drug-likeness (QED) is 0.201. The number of methoxy groups -OCH3 is 1. The number of esters is 1. The zero-order valence-electron chi connectivity index (χ0n) is 15.1. The van der Waals surface area contributed by atoms with Gasteiger partial charge in [-0.2, -0.15) is 0 Å². The Morgan fingerprint density at radius 1 is 0.750 bits per heavy atom. The first-order chi connectivity index (χ1) is 11.8. The zero-order chi connectivity index (χ0) is 17.7. The largest absolute Gasteiger partial charge is 0.469 e. The molecular weight excluding hydrogens is 302 g/mol. The molecule has 0 saturated heterocycles. The van der Waals surface area contributed by atoms with Crippen molar-refractivity contribution in [1.82, 2.24) is 0 Å². The van der Waals surface area contributed by atoms with Gasteiger partial charge in [-0.05, 0) is 51.4 Å². The number of unbranched alkanes of at least 4 members (excludes halogenated alkanes) is 4.